The van der Waals surface area contributed by atoms with E-state index < -0.39 is 5.91 Å². The molecule has 0 saturated carbocycles. The van der Waals surface area contributed by atoms with E-state index in [2.05, 4.69) is 5.32 Å². The van der Waals surface area contributed by atoms with E-state index in [0.717, 1.165) is 10.8 Å². The number of rotatable bonds is 5. The Labute approximate surface area is 139 Å². The van der Waals surface area contributed by atoms with Crippen LogP contribution >= 0.6 is 0 Å². The van der Waals surface area contributed by atoms with Gasteiger partial charge in [0.05, 0.1) is 5.56 Å². The minimum atomic E-state index is -0.597. The van der Waals surface area contributed by atoms with E-state index in [1.54, 1.807) is 24.3 Å². The van der Waals surface area contributed by atoms with E-state index in [1.165, 1.54) is 0 Å². The molecule has 0 aliphatic carbocycles. The summed E-state index contributed by atoms with van der Waals surface area (Å²) in [6.07, 6.45) is 0. The van der Waals surface area contributed by atoms with Gasteiger partial charge < -0.3 is 15.8 Å². The standard InChI is InChI=1S/C19H16N2O3/c20-19(23)15-9-3-4-11-17(15)24-12-18(22)21-16-10-5-7-13-6-1-2-8-14(13)16/h1-11H,12H2,(H2,20,23)(H,21,22). The van der Waals surface area contributed by atoms with Crippen LogP contribution in [-0.4, -0.2) is 18.4 Å². The number of nitrogens with one attached hydrogen (secondary N) is 1. The molecule has 5 nitrogen and oxygen atoms in total. The first-order chi connectivity index (χ1) is 11.6. The third-order valence-corrected chi connectivity index (χ3v) is 3.58. The smallest absolute Gasteiger partial charge is 0.262 e. The summed E-state index contributed by atoms with van der Waals surface area (Å²) in [5.41, 5.74) is 6.25. The van der Waals surface area contributed by atoms with Crippen molar-refractivity contribution < 1.29 is 14.3 Å². The molecule has 24 heavy (non-hydrogen) atoms. The van der Waals surface area contributed by atoms with Crippen LogP contribution in [0.25, 0.3) is 10.8 Å². The Bertz CT molecular complexity index is 901. The minimum absolute atomic E-state index is 0.215. The molecule has 0 aliphatic rings. The van der Waals surface area contributed by atoms with Gasteiger partial charge in [0.25, 0.3) is 11.8 Å². The molecule has 0 fully saturated rings. The molecular formula is C19H16N2O3. The second-order valence-corrected chi connectivity index (χ2v) is 5.22. The number of fused-ring (bicyclic) bond motifs is 1. The molecule has 0 aromatic heterocycles. The zero-order valence-electron chi connectivity index (χ0n) is 12.9. The van der Waals surface area contributed by atoms with Crippen molar-refractivity contribution in [2.75, 3.05) is 11.9 Å². The molecule has 3 aromatic rings. The summed E-state index contributed by atoms with van der Waals surface area (Å²) in [5, 5.41) is 4.81. The molecule has 0 unspecified atom stereocenters. The fraction of sp³-hybridized carbons (Fsp3) is 0.0526. The van der Waals surface area contributed by atoms with E-state index in [4.69, 9.17) is 10.5 Å². The van der Waals surface area contributed by atoms with Crippen LogP contribution in [0.1, 0.15) is 10.4 Å². The predicted molar refractivity (Wildman–Crippen MR) is 93.0 cm³/mol. The molecule has 0 radical (unpaired) electrons. The van der Waals surface area contributed by atoms with Gasteiger partial charge in [-0.1, -0.05) is 48.5 Å². The average molecular weight is 320 g/mol. The summed E-state index contributed by atoms with van der Waals surface area (Å²) in [7, 11) is 0. The minimum Gasteiger partial charge on any atom is -0.483 e. The van der Waals surface area contributed by atoms with Gasteiger partial charge in [-0.3, -0.25) is 9.59 Å². The Morgan fingerprint density at radius 3 is 2.46 bits per heavy atom. The van der Waals surface area contributed by atoms with Crippen molar-refractivity contribution >= 4 is 28.3 Å². The van der Waals surface area contributed by atoms with Crippen LogP contribution in [0.4, 0.5) is 5.69 Å². The Balaban J connectivity index is 1.71. The predicted octanol–water partition coefficient (Wildman–Crippen LogP) is 2.96. The summed E-state index contributed by atoms with van der Waals surface area (Å²) in [5.74, 6) is -0.622. The van der Waals surface area contributed by atoms with Gasteiger partial charge in [0.15, 0.2) is 6.61 Å². The van der Waals surface area contributed by atoms with E-state index in [-0.39, 0.29) is 23.8 Å². The highest BCUT2D eigenvalue weighted by Gasteiger charge is 2.11. The van der Waals surface area contributed by atoms with Gasteiger partial charge in [-0.05, 0) is 23.6 Å². The first kappa shape index (κ1) is 15.6. The first-order valence-corrected chi connectivity index (χ1v) is 7.44. The largest absolute Gasteiger partial charge is 0.483 e. The highest BCUT2D eigenvalue weighted by atomic mass is 16.5. The average Bonchev–Trinajstić information content (AvgIpc) is 2.60. The molecule has 0 saturated heterocycles. The van der Waals surface area contributed by atoms with Crippen LogP contribution < -0.4 is 15.8 Å². The molecule has 2 amide bonds. The van der Waals surface area contributed by atoms with Crippen molar-refractivity contribution in [3.63, 3.8) is 0 Å². The molecule has 3 rings (SSSR count). The molecule has 0 heterocycles. The monoisotopic (exact) mass is 320 g/mol. The summed E-state index contributed by atoms with van der Waals surface area (Å²) in [6.45, 7) is -0.215. The van der Waals surface area contributed by atoms with E-state index >= 15 is 0 Å². The zero-order valence-corrected chi connectivity index (χ0v) is 12.9. The first-order valence-electron chi connectivity index (χ1n) is 7.44. The normalized spacial score (nSPS) is 10.3. The topological polar surface area (TPSA) is 81.4 Å². The summed E-state index contributed by atoms with van der Waals surface area (Å²) in [4.78, 5) is 23.5. The highest BCUT2D eigenvalue weighted by Crippen LogP contribution is 2.23. The van der Waals surface area contributed by atoms with Crippen LogP contribution in [0.3, 0.4) is 0 Å². The number of benzene rings is 3. The second-order valence-electron chi connectivity index (χ2n) is 5.22. The van der Waals surface area contributed by atoms with Gasteiger partial charge in [0.1, 0.15) is 5.75 Å². The van der Waals surface area contributed by atoms with Crippen molar-refractivity contribution in [3.05, 3.63) is 72.3 Å². The number of para-hydroxylation sites is 1. The third kappa shape index (κ3) is 3.35. The maximum Gasteiger partial charge on any atom is 0.262 e. The zero-order chi connectivity index (χ0) is 16.9. The number of nitrogens with two attached hydrogens (primary N) is 1. The van der Waals surface area contributed by atoms with Crippen LogP contribution in [0.5, 0.6) is 5.75 Å². The Morgan fingerprint density at radius 2 is 1.62 bits per heavy atom. The highest BCUT2D eigenvalue weighted by molar-refractivity contribution is 6.02. The molecule has 0 atom stereocenters. The van der Waals surface area contributed by atoms with Crippen molar-refractivity contribution in [2.45, 2.75) is 0 Å². The number of amides is 2. The van der Waals surface area contributed by atoms with E-state index in [1.807, 2.05) is 42.5 Å². The van der Waals surface area contributed by atoms with Crippen LogP contribution in [-0.2, 0) is 4.79 Å². The van der Waals surface area contributed by atoms with Crippen molar-refractivity contribution in [1.82, 2.24) is 0 Å². The van der Waals surface area contributed by atoms with Gasteiger partial charge in [-0.25, -0.2) is 0 Å². The van der Waals surface area contributed by atoms with Gasteiger partial charge in [-0.2, -0.15) is 0 Å². The number of ether oxygens (including phenoxy) is 1. The molecule has 120 valence electrons. The summed E-state index contributed by atoms with van der Waals surface area (Å²) in [6, 6.07) is 20.0. The van der Waals surface area contributed by atoms with Crippen molar-refractivity contribution in [3.8, 4) is 5.75 Å². The fourth-order valence-corrected chi connectivity index (χ4v) is 2.46. The molecular weight excluding hydrogens is 304 g/mol. The number of carbonyl (C=O) groups excluding carboxylic acids is 2. The van der Waals surface area contributed by atoms with E-state index in [0.29, 0.717) is 5.69 Å². The number of anilines is 1. The summed E-state index contributed by atoms with van der Waals surface area (Å²) < 4.78 is 5.43. The summed E-state index contributed by atoms with van der Waals surface area (Å²) >= 11 is 0. The SMILES string of the molecule is NC(=O)c1ccccc1OCC(=O)Nc1cccc2ccccc12. The number of hydrogen-bond acceptors (Lipinski definition) is 3. The maximum atomic E-state index is 12.2. The lowest BCUT2D eigenvalue weighted by atomic mass is 10.1. The number of hydrogen-bond donors (Lipinski definition) is 2. The van der Waals surface area contributed by atoms with Crippen molar-refractivity contribution in [1.29, 1.82) is 0 Å². The lowest BCUT2D eigenvalue weighted by Gasteiger charge is -2.11. The quantitative estimate of drug-likeness (QED) is 0.758. The number of carbonyl (C=O) groups is 2. The molecule has 3 aromatic carbocycles. The lowest BCUT2D eigenvalue weighted by molar-refractivity contribution is -0.118. The maximum absolute atomic E-state index is 12.2. The lowest BCUT2D eigenvalue weighted by Crippen LogP contribution is -2.21. The molecule has 5 heteroatoms. The molecule has 0 aliphatic heterocycles. The van der Waals surface area contributed by atoms with Gasteiger partial charge in [-0.15, -0.1) is 0 Å². The Morgan fingerprint density at radius 1 is 0.917 bits per heavy atom. The van der Waals surface area contributed by atoms with Gasteiger partial charge >= 0.3 is 0 Å². The van der Waals surface area contributed by atoms with Crippen LogP contribution in [0, 0.1) is 0 Å². The van der Waals surface area contributed by atoms with Crippen molar-refractivity contribution in [2.24, 2.45) is 5.73 Å². The molecule has 0 bridgehead atoms. The Kier molecular flexibility index (Phi) is 4.43. The second kappa shape index (κ2) is 6.83. The van der Waals surface area contributed by atoms with Crippen LogP contribution in [0.2, 0.25) is 0 Å². The van der Waals surface area contributed by atoms with Gasteiger partial charge in [0.2, 0.25) is 0 Å². The molecule has 0 spiro atoms. The fourth-order valence-electron chi connectivity index (χ4n) is 2.46. The third-order valence-electron chi connectivity index (χ3n) is 3.58. The number of primary amides is 1. The van der Waals surface area contributed by atoms with Gasteiger partial charge in [0, 0.05) is 11.1 Å². The van der Waals surface area contributed by atoms with Crippen LogP contribution in [0.15, 0.2) is 66.7 Å². The Hall–Kier alpha value is -3.34. The van der Waals surface area contributed by atoms with E-state index in [9.17, 15) is 9.59 Å². The molecule has 3 N–H and O–H groups in total.